The van der Waals surface area contributed by atoms with Crippen LogP contribution in [0.25, 0.3) is 0 Å². The summed E-state index contributed by atoms with van der Waals surface area (Å²) in [6.07, 6.45) is 3.16. The van der Waals surface area contributed by atoms with Gasteiger partial charge in [0, 0.05) is 12.2 Å². The van der Waals surface area contributed by atoms with Gasteiger partial charge in [-0.25, -0.2) is 9.59 Å². The van der Waals surface area contributed by atoms with E-state index >= 15 is 0 Å². The van der Waals surface area contributed by atoms with Gasteiger partial charge in [0.1, 0.15) is 5.75 Å². The van der Waals surface area contributed by atoms with Crippen molar-refractivity contribution in [1.29, 1.82) is 0 Å². The summed E-state index contributed by atoms with van der Waals surface area (Å²) in [4.78, 5) is 22.6. The van der Waals surface area contributed by atoms with Crippen LogP contribution >= 0.6 is 0 Å². The summed E-state index contributed by atoms with van der Waals surface area (Å²) in [7, 11) is 0. The summed E-state index contributed by atoms with van der Waals surface area (Å²) in [5.41, 5.74) is -0.681. The molecule has 3 N–H and O–H groups in total. The second-order valence-corrected chi connectivity index (χ2v) is 5.53. The Morgan fingerprint density at radius 2 is 1.82 bits per heavy atom. The maximum atomic E-state index is 11.6. The zero-order valence-corrected chi connectivity index (χ0v) is 13.3. The summed E-state index contributed by atoms with van der Waals surface area (Å²) < 4.78 is 5.39. The van der Waals surface area contributed by atoms with E-state index < -0.39 is 11.6 Å². The molecule has 0 radical (unpaired) electrons. The van der Waals surface area contributed by atoms with Gasteiger partial charge in [-0.2, -0.15) is 0 Å². The normalized spacial score (nSPS) is 10.9. The van der Waals surface area contributed by atoms with Crippen molar-refractivity contribution in [3.8, 4) is 5.75 Å². The number of amides is 2. The highest BCUT2D eigenvalue weighted by Crippen LogP contribution is 2.21. The lowest BCUT2D eigenvalue weighted by Crippen LogP contribution is -2.37. The molecule has 6 heteroatoms. The third-order valence-corrected chi connectivity index (χ3v) is 3.07. The van der Waals surface area contributed by atoms with Crippen LogP contribution < -0.4 is 15.4 Å². The molecule has 1 aromatic rings. The molecular weight excluding hydrogens is 284 g/mol. The van der Waals surface area contributed by atoms with Crippen LogP contribution in [0.3, 0.4) is 0 Å². The van der Waals surface area contributed by atoms with Crippen molar-refractivity contribution in [3.63, 3.8) is 0 Å². The van der Waals surface area contributed by atoms with Crippen molar-refractivity contribution in [2.45, 2.75) is 45.6 Å². The van der Waals surface area contributed by atoms with Crippen LogP contribution in [-0.2, 0) is 4.79 Å². The van der Waals surface area contributed by atoms with Crippen LogP contribution in [0.2, 0.25) is 0 Å². The number of aliphatic carboxylic acids is 1. The highest BCUT2D eigenvalue weighted by Gasteiger charge is 2.29. The van der Waals surface area contributed by atoms with Crippen LogP contribution in [0.4, 0.5) is 10.5 Å². The number of urea groups is 1. The molecule has 0 fully saturated rings. The number of carbonyl (C=O) groups is 2. The summed E-state index contributed by atoms with van der Waals surface area (Å²) in [5.74, 6) is -0.609. The fraction of sp³-hybridized carbons (Fsp3) is 0.500. The Balaban J connectivity index is 2.48. The van der Waals surface area contributed by atoms with Gasteiger partial charge in [0.2, 0.25) is 0 Å². The number of ether oxygens (including phenoxy) is 1. The molecule has 0 unspecified atom stereocenters. The lowest BCUT2D eigenvalue weighted by Gasteiger charge is -2.21. The number of benzene rings is 1. The van der Waals surface area contributed by atoms with E-state index in [-0.39, 0.29) is 6.03 Å². The van der Waals surface area contributed by atoms with E-state index in [1.165, 1.54) is 13.8 Å². The minimum absolute atomic E-state index is 0.254. The van der Waals surface area contributed by atoms with Crippen LogP contribution in [0.15, 0.2) is 24.3 Å². The molecule has 0 bridgehead atoms. The molecule has 0 aliphatic rings. The monoisotopic (exact) mass is 308 g/mol. The predicted octanol–water partition coefficient (Wildman–Crippen LogP) is 3.24. The predicted molar refractivity (Wildman–Crippen MR) is 85.3 cm³/mol. The van der Waals surface area contributed by atoms with E-state index in [4.69, 9.17) is 9.84 Å². The highest BCUT2D eigenvalue weighted by atomic mass is 16.5. The van der Waals surface area contributed by atoms with Gasteiger partial charge in [0.15, 0.2) is 5.60 Å². The van der Waals surface area contributed by atoms with E-state index in [0.29, 0.717) is 18.0 Å². The van der Waals surface area contributed by atoms with Crippen molar-refractivity contribution >= 4 is 17.7 Å². The molecule has 6 nitrogen and oxygen atoms in total. The average Bonchev–Trinajstić information content (AvgIpc) is 2.45. The zero-order chi connectivity index (χ0) is 16.6. The van der Waals surface area contributed by atoms with Crippen LogP contribution in [0.5, 0.6) is 5.75 Å². The Morgan fingerprint density at radius 3 is 2.36 bits per heavy atom. The number of anilines is 1. The number of hydrogen-bond donors (Lipinski definition) is 3. The Kier molecular flexibility index (Phi) is 6.69. The van der Waals surface area contributed by atoms with Gasteiger partial charge in [0.05, 0.1) is 0 Å². The fourth-order valence-electron chi connectivity index (χ4n) is 1.70. The van der Waals surface area contributed by atoms with Gasteiger partial charge in [-0.05, 0) is 44.5 Å². The topological polar surface area (TPSA) is 87.7 Å². The molecule has 0 aromatic heterocycles. The van der Waals surface area contributed by atoms with E-state index in [1.807, 2.05) is 0 Å². The van der Waals surface area contributed by atoms with Crippen LogP contribution in [-0.4, -0.2) is 29.3 Å². The van der Waals surface area contributed by atoms with Crippen molar-refractivity contribution in [3.05, 3.63) is 24.3 Å². The van der Waals surface area contributed by atoms with Crippen LogP contribution in [0, 0.1) is 0 Å². The molecule has 0 saturated carbocycles. The molecule has 22 heavy (non-hydrogen) atoms. The summed E-state index contributed by atoms with van der Waals surface area (Å²) in [6.45, 7) is 5.71. The number of nitrogens with one attached hydrogen (secondary N) is 2. The minimum Gasteiger partial charge on any atom is -0.478 e. The molecule has 0 saturated heterocycles. The average molecular weight is 308 g/mol. The molecule has 0 aliphatic heterocycles. The molecule has 0 aliphatic carbocycles. The number of carboxylic acids is 1. The van der Waals surface area contributed by atoms with Crippen LogP contribution in [0.1, 0.15) is 40.0 Å². The van der Waals surface area contributed by atoms with E-state index in [0.717, 1.165) is 19.3 Å². The number of carbonyl (C=O) groups excluding carboxylic acids is 1. The van der Waals surface area contributed by atoms with E-state index in [1.54, 1.807) is 24.3 Å². The molecule has 2 amide bonds. The first kappa shape index (κ1) is 17.8. The van der Waals surface area contributed by atoms with Crippen molar-refractivity contribution in [1.82, 2.24) is 5.32 Å². The second kappa shape index (κ2) is 8.26. The minimum atomic E-state index is -1.30. The maximum absolute atomic E-state index is 11.6. The largest absolute Gasteiger partial charge is 0.478 e. The molecule has 0 heterocycles. The van der Waals surface area contributed by atoms with Gasteiger partial charge >= 0.3 is 12.0 Å². The van der Waals surface area contributed by atoms with Crippen molar-refractivity contribution in [2.24, 2.45) is 0 Å². The standard InChI is InChI=1S/C16H24N2O4/c1-4-5-6-11-17-15(21)18-12-7-9-13(10-8-12)22-16(2,3)14(19)20/h7-10H,4-6,11H2,1-3H3,(H,19,20)(H2,17,18,21). The van der Waals surface area contributed by atoms with Crippen molar-refractivity contribution < 1.29 is 19.4 Å². The smallest absolute Gasteiger partial charge is 0.347 e. The molecule has 0 atom stereocenters. The molecule has 0 spiro atoms. The van der Waals surface area contributed by atoms with Crippen molar-refractivity contribution in [2.75, 3.05) is 11.9 Å². The summed E-state index contributed by atoms with van der Waals surface area (Å²) in [6, 6.07) is 6.32. The Morgan fingerprint density at radius 1 is 1.18 bits per heavy atom. The first-order chi connectivity index (χ1) is 10.3. The lowest BCUT2D eigenvalue weighted by atomic mass is 10.1. The first-order valence-electron chi connectivity index (χ1n) is 7.42. The number of hydrogen-bond acceptors (Lipinski definition) is 3. The Bertz CT molecular complexity index is 497. The molecule has 1 rings (SSSR count). The highest BCUT2D eigenvalue weighted by molar-refractivity contribution is 5.89. The number of carboxylic acid groups (broad SMARTS) is 1. The fourth-order valence-corrected chi connectivity index (χ4v) is 1.70. The SMILES string of the molecule is CCCCCNC(=O)Nc1ccc(OC(C)(C)C(=O)O)cc1. The quantitative estimate of drug-likeness (QED) is 0.643. The zero-order valence-electron chi connectivity index (χ0n) is 13.3. The molecule has 1 aromatic carbocycles. The number of unbranched alkanes of at least 4 members (excludes halogenated alkanes) is 2. The lowest BCUT2D eigenvalue weighted by molar-refractivity contribution is -0.152. The third-order valence-electron chi connectivity index (χ3n) is 3.07. The van der Waals surface area contributed by atoms with Gasteiger partial charge in [-0.15, -0.1) is 0 Å². The Labute approximate surface area is 130 Å². The summed E-state index contributed by atoms with van der Waals surface area (Å²) in [5, 5.41) is 14.5. The van der Waals surface area contributed by atoms with E-state index in [2.05, 4.69) is 17.6 Å². The second-order valence-electron chi connectivity index (χ2n) is 5.53. The van der Waals surface area contributed by atoms with Gasteiger partial charge in [-0.3, -0.25) is 0 Å². The van der Waals surface area contributed by atoms with Gasteiger partial charge in [0.25, 0.3) is 0 Å². The first-order valence-corrected chi connectivity index (χ1v) is 7.42. The van der Waals surface area contributed by atoms with Gasteiger partial charge < -0.3 is 20.5 Å². The van der Waals surface area contributed by atoms with Gasteiger partial charge in [-0.1, -0.05) is 19.8 Å². The molecular formula is C16H24N2O4. The number of rotatable bonds is 8. The molecule has 122 valence electrons. The maximum Gasteiger partial charge on any atom is 0.347 e. The Hall–Kier alpha value is -2.24. The summed E-state index contributed by atoms with van der Waals surface area (Å²) >= 11 is 0. The third kappa shape index (κ3) is 6.03. The van der Waals surface area contributed by atoms with E-state index in [9.17, 15) is 9.59 Å².